The maximum atomic E-state index is 13.5. The monoisotopic (exact) mass is 514 g/mol. The molecule has 0 saturated carbocycles. The average Bonchev–Trinajstić information content (AvgIpc) is 3.41. The fourth-order valence-corrected chi connectivity index (χ4v) is 5.47. The molecule has 0 bridgehead atoms. The number of fused-ring (bicyclic) bond motifs is 2. The van der Waals surface area contributed by atoms with E-state index in [2.05, 4.69) is 5.32 Å². The van der Waals surface area contributed by atoms with Gasteiger partial charge in [-0.1, -0.05) is 85.8 Å². The van der Waals surface area contributed by atoms with E-state index in [1.807, 2.05) is 115 Å². The van der Waals surface area contributed by atoms with E-state index < -0.39 is 0 Å². The summed E-state index contributed by atoms with van der Waals surface area (Å²) in [7, 11) is 0. The van der Waals surface area contributed by atoms with Crippen molar-refractivity contribution in [1.29, 1.82) is 0 Å². The highest BCUT2D eigenvalue weighted by atomic mass is 16.3. The normalized spacial score (nSPS) is 13.6. The minimum atomic E-state index is -0.212. The summed E-state index contributed by atoms with van der Waals surface area (Å²) < 4.78 is 6.24. The highest BCUT2D eigenvalue weighted by Crippen LogP contribution is 2.32. The van der Waals surface area contributed by atoms with Crippen LogP contribution in [0.4, 0.5) is 5.69 Å². The molecular formula is C34H30N2O3. The van der Waals surface area contributed by atoms with Crippen molar-refractivity contribution in [2.24, 2.45) is 0 Å². The van der Waals surface area contributed by atoms with Crippen LogP contribution in [0.1, 0.15) is 46.5 Å². The van der Waals surface area contributed by atoms with Crippen molar-refractivity contribution in [2.75, 3.05) is 11.9 Å². The van der Waals surface area contributed by atoms with E-state index in [-0.39, 0.29) is 17.7 Å². The highest BCUT2D eigenvalue weighted by molar-refractivity contribution is 6.07. The van der Waals surface area contributed by atoms with Crippen LogP contribution in [0.2, 0.25) is 0 Å². The van der Waals surface area contributed by atoms with E-state index in [1.165, 1.54) is 0 Å². The van der Waals surface area contributed by atoms with Crippen molar-refractivity contribution in [3.8, 4) is 11.3 Å². The molecular weight excluding hydrogens is 484 g/mol. The molecule has 0 unspecified atom stereocenters. The van der Waals surface area contributed by atoms with Gasteiger partial charge in [-0.2, -0.15) is 0 Å². The zero-order valence-corrected chi connectivity index (χ0v) is 21.9. The summed E-state index contributed by atoms with van der Waals surface area (Å²) in [4.78, 5) is 28.5. The number of furan rings is 1. The lowest BCUT2D eigenvalue weighted by Crippen LogP contribution is -2.35. The van der Waals surface area contributed by atoms with E-state index in [1.54, 1.807) is 0 Å². The summed E-state index contributed by atoms with van der Waals surface area (Å²) in [5.74, 6) is 1.45. The number of carbonyl (C=O) groups is 2. The quantitative estimate of drug-likeness (QED) is 0.256. The first-order chi connectivity index (χ1) is 19.1. The van der Waals surface area contributed by atoms with Gasteiger partial charge >= 0.3 is 0 Å². The van der Waals surface area contributed by atoms with Gasteiger partial charge < -0.3 is 14.6 Å². The molecule has 1 atom stereocenters. The van der Waals surface area contributed by atoms with Gasteiger partial charge in [-0.05, 0) is 47.0 Å². The summed E-state index contributed by atoms with van der Waals surface area (Å²) in [6, 6.07) is 33.5. The zero-order chi connectivity index (χ0) is 26.8. The number of hydrogen-bond acceptors (Lipinski definition) is 3. The Morgan fingerprint density at radius 1 is 0.897 bits per heavy atom. The minimum absolute atomic E-state index is 0.0258. The number of rotatable bonds is 6. The summed E-state index contributed by atoms with van der Waals surface area (Å²) in [5, 5.41) is 5.12. The van der Waals surface area contributed by atoms with E-state index in [0.29, 0.717) is 25.9 Å². The molecule has 0 fully saturated rings. The molecule has 39 heavy (non-hydrogen) atoms. The van der Waals surface area contributed by atoms with Crippen LogP contribution < -0.4 is 5.32 Å². The Balaban J connectivity index is 1.19. The fourth-order valence-electron chi connectivity index (χ4n) is 5.47. The molecule has 1 aromatic heterocycles. The van der Waals surface area contributed by atoms with Gasteiger partial charge in [0.05, 0.1) is 5.92 Å². The average molecular weight is 515 g/mol. The number of benzene rings is 4. The van der Waals surface area contributed by atoms with E-state index >= 15 is 0 Å². The predicted octanol–water partition coefficient (Wildman–Crippen LogP) is 7.43. The molecule has 0 radical (unpaired) electrons. The summed E-state index contributed by atoms with van der Waals surface area (Å²) >= 11 is 0. The standard InChI is InChI=1S/C34H30N2O3/c1-2-28(23-10-4-3-5-11-23)33(37)35-27-15-8-14-25(20-27)32-21-26-22-36(19-18-31(26)39-32)34(38)30-17-9-13-24-12-6-7-16-29(24)30/h3-17,20-21,28H,2,18-19,22H2,1H3,(H,35,37)/t28-/m1/s1. The molecule has 5 heteroatoms. The Labute approximate surface area is 228 Å². The smallest absolute Gasteiger partial charge is 0.254 e. The second-order valence-electron chi connectivity index (χ2n) is 10.0. The van der Waals surface area contributed by atoms with Crippen molar-refractivity contribution >= 4 is 28.3 Å². The number of nitrogens with zero attached hydrogens (tertiary/aromatic N) is 1. The molecule has 0 aliphatic carbocycles. The molecule has 6 rings (SSSR count). The van der Waals surface area contributed by atoms with Gasteiger partial charge in [-0.3, -0.25) is 9.59 Å². The van der Waals surface area contributed by atoms with Crippen molar-refractivity contribution in [3.63, 3.8) is 0 Å². The van der Waals surface area contributed by atoms with Crippen molar-refractivity contribution in [2.45, 2.75) is 32.2 Å². The van der Waals surface area contributed by atoms with Crippen LogP contribution in [0.5, 0.6) is 0 Å². The van der Waals surface area contributed by atoms with Crippen molar-refractivity contribution < 1.29 is 14.0 Å². The zero-order valence-electron chi connectivity index (χ0n) is 21.9. The maximum Gasteiger partial charge on any atom is 0.254 e. The molecule has 1 aliphatic rings. The van der Waals surface area contributed by atoms with Crippen LogP contribution in [-0.2, 0) is 17.8 Å². The predicted molar refractivity (Wildman–Crippen MR) is 155 cm³/mol. The van der Waals surface area contributed by atoms with Crippen LogP contribution in [0.3, 0.4) is 0 Å². The summed E-state index contributed by atoms with van der Waals surface area (Å²) in [6.07, 6.45) is 1.38. The van der Waals surface area contributed by atoms with Crippen LogP contribution in [0.15, 0.2) is 108 Å². The molecule has 4 aromatic carbocycles. The summed E-state index contributed by atoms with van der Waals surface area (Å²) in [5.41, 5.74) is 4.38. The minimum Gasteiger partial charge on any atom is -0.461 e. The second-order valence-corrected chi connectivity index (χ2v) is 10.0. The van der Waals surface area contributed by atoms with Crippen LogP contribution in [0.25, 0.3) is 22.1 Å². The Kier molecular flexibility index (Phi) is 6.72. The molecule has 2 amide bonds. The molecule has 2 heterocycles. The third kappa shape index (κ3) is 4.96. The first-order valence-electron chi connectivity index (χ1n) is 13.5. The van der Waals surface area contributed by atoms with Crippen LogP contribution >= 0.6 is 0 Å². The van der Waals surface area contributed by atoms with Gasteiger partial charge in [-0.25, -0.2) is 0 Å². The Morgan fingerprint density at radius 2 is 1.67 bits per heavy atom. The van der Waals surface area contributed by atoms with Crippen molar-refractivity contribution in [3.05, 3.63) is 126 Å². The molecule has 1 aliphatic heterocycles. The molecule has 0 spiro atoms. The molecule has 194 valence electrons. The number of hydrogen-bond donors (Lipinski definition) is 1. The lowest BCUT2D eigenvalue weighted by Gasteiger charge is -2.26. The lowest BCUT2D eigenvalue weighted by atomic mass is 9.95. The maximum absolute atomic E-state index is 13.5. The van der Waals surface area contributed by atoms with Gasteiger partial charge in [0.1, 0.15) is 11.5 Å². The third-order valence-corrected chi connectivity index (χ3v) is 7.52. The van der Waals surface area contributed by atoms with Gasteiger partial charge in [-0.15, -0.1) is 0 Å². The van der Waals surface area contributed by atoms with E-state index in [9.17, 15) is 9.59 Å². The fraction of sp³-hybridized carbons (Fsp3) is 0.176. The topological polar surface area (TPSA) is 62.6 Å². The Hall–Kier alpha value is -4.64. The van der Waals surface area contributed by atoms with Crippen LogP contribution in [0, 0.1) is 0 Å². The largest absolute Gasteiger partial charge is 0.461 e. The number of anilines is 1. The Bertz CT molecular complexity index is 1650. The lowest BCUT2D eigenvalue weighted by molar-refractivity contribution is -0.117. The first-order valence-corrected chi connectivity index (χ1v) is 13.5. The number of carbonyl (C=O) groups excluding carboxylic acids is 2. The second kappa shape index (κ2) is 10.6. The highest BCUT2D eigenvalue weighted by Gasteiger charge is 2.26. The Morgan fingerprint density at radius 3 is 2.51 bits per heavy atom. The van der Waals surface area contributed by atoms with Gasteiger partial charge in [0.25, 0.3) is 5.91 Å². The third-order valence-electron chi connectivity index (χ3n) is 7.52. The van der Waals surface area contributed by atoms with Gasteiger partial charge in [0.15, 0.2) is 0 Å². The van der Waals surface area contributed by atoms with Gasteiger partial charge in [0, 0.05) is 41.9 Å². The summed E-state index contributed by atoms with van der Waals surface area (Å²) in [6.45, 7) is 3.14. The SMILES string of the molecule is CC[C@@H](C(=O)Nc1cccc(-c2cc3c(o2)CCN(C(=O)c2cccc4ccccc24)C3)c1)c1ccccc1. The van der Waals surface area contributed by atoms with Crippen molar-refractivity contribution in [1.82, 2.24) is 4.90 Å². The molecule has 0 saturated heterocycles. The number of nitrogens with one attached hydrogen (secondary N) is 1. The van der Waals surface area contributed by atoms with E-state index in [0.717, 1.165) is 50.2 Å². The van der Waals surface area contributed by atoms with Crippen LogP contribution in [-0.4, -0.2) is 23.3 Å². The molecule has 1 N–H and O–H groups in total. The van der Waals surface area contributed by atoms with E-state index in [4.69, 9.17) is 4.42 Å². The van der Waals surface area contributed by atoms with Gasteiger partial charge in [0.2, 0.25) is 5.91 Å². The number of amides is 2. The molecule has 5 aromatic rings. The first kappa shape index (κ1) is 24.7. The molecule has 5 nitrogen and oxygen atoms in total.